The zero-order valence-electron chi connectivity index (χ0n) is 10.2. The molecule has 0 radical (unpaired) electrons. The van der Waals surface area contributed by atoms with Gasteiger partial charge in [0.2, 0.25) is 0 Å². The summed E-state index contributed by atoms with van der Waals surface area (Å²) in [6.07, 6.45) is 0. The number of benzene rings is 2. The summed E-state index contributed by atoms with van der Waals surface area (Å²) in [5.41, 5.74) is 2.36. The second-order valence-corrected chi connectivity index (χ2v) is 4.27. The van der Waals surface area contributed by atoms with Gasteiger partial charge < -0.3 is 4.90 Å². The minimum atomic E-state index is -0.237. The number of anilines is 2. The lowest BCUT2D eigenvalue weighted by molar-refractivity contribution is 0.624. The summed E-state index contributed by atoms with van der Waals surface area (Å²) in [6, 6.07) is 14.9. The van der Waals surface area contributed by atoms with Crippen LogP contribution in [-0.4, -0.2) is 6.54 Å². The topological polar surface area (TPSA) is 3.24 Å². The Bertz CT molecular complexity index is 513. The predicted molar refractivity (Wildman–Crippen MR) is 75.1 cm³/mol. The van der Waals surface area contributed by atoms with E-state index in [1.165, 1.54) is 6.07 Å². The Morgan fingerprint density at radius 2 is 1.83 bits per heavy atom. The number of rotatable bonds is 4. The molecule has 0 aliphatic heterocycles. The van der Waals surface area contributed by atoms with E-state index in [1.54, 1.807) is 6.07 Å². The van der Waals surface area contributed by atoms with Gasteiger partial charge in [0.15, 0.2) is 0 Å². The molecule has 2 rings (SSSR count). The van der Waals surface area contributed by atoms with E-state index in [4.69, 9.17) is 11.6 Å². The average molecular weight is 264 g/mol. The molecule has 2 aromatic carbocycles. The van der Waals surface area contributed by atoms with Crippen molar-refractivity contribution in [2.24, 2.45) is 0 Å². The Morgan fingerprint density at radius 3 is 2.39 bits per heavy atom. The van der Waals surface area contributed by atoms with Crippen LogP contribution in [0.25, 0.3) is 0 Å². The molecule has 1 nitrogen and oxygen atoms in total. The summed E-state index contributed by atoms with van der Waals surface area (Å²) in [7, 11) is 0. The summed E-state index contributed by atoms with van der Waals surface area (Å²) in [5.74, 6) is 0.0909. The van der Waals surface area contributed by atoms with E-state index in [-0.39, 0.29) is 5.82 Å². The van der Waals surface area contributed by atoms with Crippen LogP contribution in [0.2, 0.25) is 0 Å². The third-order valence-electron chi connectivity index (χ3n) is 2.84. The Hall–Kier alpha value is -1.54. The van der Waals surface area contributed by atoms with Crippen LogP contribution in [0.5, 0.6) is 0 Å². The highest BCUT2D eigenvalue weighted by atomic mass is 35.5. The molecule has 2 aromatic rings. The summed E-state index contributed by atoms with van der Waals surface area (Å²) in [4.78, 5) is 1.94. The van der Waals surface area contributed by atoms with Crippen molar-refractivity contribution >= 4 is 23.0 Å². The summed E-state index contributed by atoms with van der Waals surface area (Å²) >= 11 is 5.70. The highest BCUT2D eigenvalue weighted by Gasteiger charge is 2.12. The molecule has 0 bridgehead atoms. The number of nitrogens with zero attached hydrogens (tertiary/aromatic N) is 1. The molecule has 0 fully saturated rings. The van der Waals surface area contributed by atoms with Crippen LogP contribution in [0.15, 0.2) is 48.5 Å². The first-order valence-corrected chi connectivity index (χ1v) is 6.46. The molecular weight excluding hydrogens is 249 g/mol. The van der Waals surface area contributed by atoms with Gasteiger partial charge in [-0.25, -0.2) is 4.39 Å². The van der Waals surface area contributed by atoms with Crippen molar-refractivity contribution in [1.29, 1.82) is 0 Å². The largest absolute Gasteiger partial charge is 0.339 e. The van der Waals surface area contributed by atoms with Gasteiger partial charge in [-0.2, -0.15) is 0 Å². The van der Waals surface area contributed by atoms with E-state index in [0.29, 0.717) is 18.1 Å². The molecule has 0 N–H and O–H groups in total. The lowest BCUT2D eigenvalue weighted by atomic mass is 10.2. The number of hydrogen-bond donors (Lipinski definition) is 0. The van der Waals surface area contributed by atoms with Crippen LogP contribution in [-0.2, 0) is 5.88 Å². The van der Waals surface area contributed by atoms with Gasteiger partial charge in [-0.05, 0) is 36.8 Å². The first kappa shape index (κ1) is 12.9. The number of para-hydroxylation sites is 1. The second-order valence-electron chi connectivity index (χ2n) is 4.00. The van der Waals surface area contributed by atoms with Gasteiger partial charge in [0.1, 0.15) is 5.82 Å². The summed E-state index contributed by atoms with van der Waals surface area (Å²) < 4.78 is 14.1. The molecule has 0 amide bonds. The Balaban J connectivity index is 2.39. The molecule has 0 atom stereocenters. The van der Waals surface area contributed by atoms with Gasteiger partial charge in [0, 0.05) is 18.1 Å². The number of hydrogen-bond acceptors (Lipinski definition) is 1. The highest BCUT2D eigenvalue weighted by molar-refractivity contribution is 6.17. The van der Waals surface area contributed by atoms with Crippen LogP contribution in [0.4, 0.5) is 15.8 Å². The molecule has 0 saturated carbocycles. The smallest absolute Gasteiger partial charge is 0.147 e. The molecule has 0 saturated heterocycles. The Labute approximate surface area is 112 Å². The standard InChI is InChI=1S/C15H15ClFN/c1-2-18(13-6-4-3-5-7-13)15-9-8-12(11-16)10-14(15)17/h3-10H,2,11H2,1H3. The highest BCUT2D eigenvalue weighted by Crippen LogP contribution is 2.28. The van der Waals surface area contributed by atoms with E-state index < -0.39 is 0 Å². The third-order valence-corrected chi connectivity index (χ3v) is 3.15. The van der Waals surface area contributed by atoms with Crippen molar-refractivity contribution in [2.75, 3.05) is 11.4 Å². The zero-order valence-corrected chi connectivity index (χ0v) is 11.0. The maximum atomic E-state index is 14.1. The molecule has 0 spiro atoms. The fourth-order valence-electron chi connectivity index (χ4n) is 1.95. The van der Waals surface area contributed by atoms with Crippen molar-refractivity contribution in [1.82, 2.24) is 0 Å². The Morgan fingerprint density at radius 1 is 1.11 bits per heavy atom. The van der Waals surface area contributed by atoms with Crippen LogP contribution >= 0.6 is 11.6 Å². The minimum Gasteiger partial charge on any atom is -0.339 e. The summed E-state index contributed by atoms with van der Waals surface area (Å²) in [5, 5.41) is 0. The van der Waals surface area contributed by atoms with Crippen LogP contribution < -0.4 is 4.90 Å². The van der Waals surface area contributed by atoms with Crippen molar-refractivity contribution in [3.63, 3.8) is 0 Å². The van der Waals surface area contributed by atoms with Crippen molar-refractivity contribution in [2.45, 2.75) is 12.8 Å². The lowest BCUT2D eigenvalue weighted by Gasteiger charge is -2.24. The van der Waals surface area contributed by atoms with E-state index >= 15 is 0 Å². The van der Waals surface area contributed by atoms with Crippen molar-refractivity contribution in [3.8, 4) is 0 Å². The molecule has 0 aliphatic rings. The maximum absolute atomic E-state index is 14.1. The quantitative estimate of drug-likeness (QED) is 0.722. The van der Waals surface area contributed by atoms with Gasteiger partial charge in [0.25, 0.3) is 0 Å². The third kappa shape index (κ3) is 2.65. The average Bonchev–Trinajstić information content (AvgIpc) is 2.42. The minimum absolute atomic E-state index is 0.237. The molecule has 0 unspecified atom stereocenters. The lowest BCUT2D eigenvalue weighted by Crippen LogP contribution is -2.17. The van der Waals surface area contributed by atoms with Crippen LogP contribution in [0.1, 0.15) is 12.5 Å². The molecule has 0 heterocycles. The normalized spacial score (nSPS) is 10.4. The van der Waals surface area contributed by atoms with Gasteiger partial charge in [-0.1, -0.05) is 24.3 Å². The van der Waals surface area contributed by atoms with Gasteiger partial charge in [-0.15, -0.1) is 11.6 Å². The van der Waals surface area contributed by atoms with Gasteiger partial charge in [0.05, 0.1) is 5.69 Å². The van der Waals surface area contributed by atoms with Crippen molar-refractivity contribution in [3.05, 3.63) is 59.9 Å². The van der Waals surface area contributed by atoms with Crippen LogP contribution in [0.3, 0.4) is 0 Å². The van der Waals surface area contributed by atoms with Gasteiger partial charge >= 0.3 is 0 Å². The first-order valence-electron chi connectivity index (χ1n) is 5.93. The van der Waals surface area contributed by atoms with Gasteiger partial charge in [-0.3, -0.25) is 0 Å². The van der Waals surface area contributed by atoms with E-state index in [9.17, 15) is 4.39 Å². The summed E-state index contributed by atoms with van der Waals surface area (Å²) in [6.45, 7) is 2.71. The molecule has 3 heteroatoms. The van der Waals surface area contributed by atoms with E-state index in [2.05, 4.69) is 0 Å². The first-order chi connectivity index (χ1) is 8.76. The molecule has 0 aromatic heterocycles. The van der Waals surface area contributed by atoms with E-state index in [0.717, 1.165) is 11.3 Å². The van der Waals surface area contributed by atoms with Crippen molar-refractivity contribution < 1.29 is 4.39 Å². The Kier molecular flexibility index (Phi) is 4.21. The second kappa shape index (κ2) is 5.87. The molecule has 18 heavy (non-hydrogen) atoms. The fraction of sp³-hybridized carbons (Fsp3) is 0.200. The predicted octanol–water partition coefficient (Wildman–Crippen LogP) is 4.72. The number of alkyl halides is 1. The molecule has 94 valence electrons. The molecule has 0 aliphatic carbocycles. The SMILES string of the molecule is CCN(c1ccccc1)c1ccc(CCl)cc1F. The maximum Gasteiger partial charge on any atom is 0.147 e. The monoisotopic (exact) mass is 263 g/mol. The fourth-order valence-corrected chi connectivity index (χ4v) is 2.12. The van der Waals surface area contributed by atoms with Crippen LogP contribution in [0, 0.1) is 5.82 Å². The molecular formula is C15H15ClFN. The zero-order chi connectivity index (χ0) is 13.0. The van der Waals surface area contributed by atoms with E-state index in [1.807, 2.05) is 48.2 Å². The number of halogens is 2.